The van der Waals surface area contributed by atoms with Crippen LogP contribution in [0.4, 0.5) is 0 Å². The van der Waals surface area contributed by atoms with Crippen molar-refractivity contribution in [2.24, 2.45) is 5.73 Å². The Morgan fingerprint density at radius 3 is 2.52 bits per heavy atom. The maximum absolute atomic E-state index is 6.15. The van der Waals surface area contributed by atoms with Crippen LogP contribution in [0.3, 0.4) is 0 Å². The quantitative estimate of drug-likeness (QED) is 0.701. The highest BCUT2D eigenvalue weighted by molar-refractivity contribution is 7.99. The Kier molecular flexibility index (Phi) is 4.19. The molecule has 3 nitrogen and oxygen atoms in total. The summed E-state index contributed by atoms with van der Waals surface area (Å²) in [4.78, 5) is 7.94. The number of hydrogen-bond acceptors (Lipinski definition) is 3. The lowest BCUT2D eigenvalue weighted by molar-refractivity contribution is 0.719. The Morgan fingerprint density at radius 1 is 1.14 bits per heavy atom. The van der Waals surface area contributed by atoms with Gasteiger partial charge >= 0.3 is 0 Å². The van der Waals surface area contributed by atoms with Crippen LogP contribution in [0.1, 0.15) is 17.7 Å². The van der Waals surface area contributed by atoms with E-state index in [9.17, 15) is 0 Å². The van der Waals surface area contributed by atoms with Crippen molar-refractivity contribution in [2.45, 2.75) is 23.4 Å². The lowest BCUT2D eigenvalue weighted by Crippen LogP contribution is -2.22. The average molecular weight is 318 g/mol. The molecule has 0 fully saturated rings. The molecule has 0 amide bonds. The SMILES string of the molecule is CC(N)C(Sc1nc2ccccc2[nH]1)c1ccc(Cl)cc1. The third kappa shape index (κ3) is 3.23. The number of thioether (sulfide) groups is 1. The van der Waals surface area contributed by atoms with Crippen LogP contribution < -0.4 is 5.73 Å². The fourth-order valence-electron chi connectivity index (χ4n) is 2.24. The molecule has 1 aromatic heterocycles. The molecule has 0 aliphatic heterocycles. The molecule has 2 unspecified atom stereocenters. The minimum atomic E-state index is 0.00406. The monoisotopic (exact) mass is 317 g/mol. The number of fused-ring (bicyclic) bond motifs is 1. The number of hydrogen-bond donors (Lipinski definition) is 2. The highest BCUT2D eigenvalue weighted by Crippen LogP contribution is 2.36. The molecule has 3 N–H and O–H groups in total. The molecule has 1 heterocycles. The predicted molar refractivity (Wildman–Crippen MR) is 89.8 cm³/mol. The second kappa shape index (κ2) is 6.10. The number of aromatic amines is 1. The van der Waals surface area contributed by atoms with Gasteiger partial charge in [0.25, 0.3) is 0 Å². The molecule has 0 spiro atoms. The summed E-state index contributed by atoms with van der Waals surface area (Å²) in [5.41, 5.74) is 9.32. The third-order valence-corrected chi connectivity index (χ3v) is 4.91. The van der Waals surface area contributed by atoms with Gasteiger partial charge in [-0.15, -0.1) is 0 Å². The van der Waals surface area contributed by atoms with Crippen LogP contribution in [-0.2, 0) is 0 Å². The Hall–Kier alpha value is -1.49. The zero-order valence-electron chi connectivity index (χ0n) is 11.6. The minimum absolute atomic E-state index is 0.00406. The zero-order chi connectivity index (χ0) is 14.8. The number of H-pyrrole nitrogens is 1. The summed E-state index contributed by atoms with van der Waals surface area (Å²) in [6.45, 7) is 2.01. The molecule has 108 valence electrons. The molecular formula is C16H16ClN3S. The van der Waals surface area contributed by atoms with E-state index in [1.54, 1.807) is 11.8 Å². The number of imidazole rings is 1. The van der Waals surface area contributed by atoms with E-state index in [1.807, 2.05) is 55.5 Å². The van der Waals surface area contributed by atoms with E-state index >= 15 is 0 Å². The number of nitrogens with zero attached hydrogens (tertiary/aromatic N) is 1. The van der Waals surface area contributed by atoms with Crippen molar-refractivity contribution < 1.29 is 0 Å². The fraction of sp³-hybridized carbons (Fsp3) is 0.188. The largest absolute Gasteiger partial charge is 0.333 e. The normalized spacial score (nSPS) is 14.2. The van der Waals surface area contributed by atoms with E-state index in [1.165, 1.54) is 0 Å². The average Bonchev–Trinajstić information content (AvgIpc) is 2.88. The molecule has 3 aromatic rings. The molecule has 2 aromatic carbocycles. The molecule has 0 aliphatic carbocycles. The molecule has 0 bridgehead atoms. The number of nitrogens with one attached hydrogen (secondary N) is 1. The maximum atomic E-state index is 6.15. The van der Waals surface area contributed by atoms with Crippen molar-refractivity contribution in [3.63, 3.8) is 0 Å². The molecule has 0 saturated carbocycles. The van der Waals surface area contributed by atoms with Crippen LogP contribution in [0.2, 0.25) is 5.02 Å². The summed E-state index contributed by atoms with van der Waals surface area (Å²) in [6, 6.07) is 15.8. The topological polar surface area (TPSA) is 54.7 Å². The van der Waals surface area contributed by atoms with Gasteiger partial charge in [-0.2, -0.15) is 0 Å². The van der Waals surface area contributed by atoms with E-state index in [2.05, 4.69) is 9.97 Å². The van der Waals surface area contributed by atoms with Crippen LogP contribution in [0.15, 0.2) is 53.7 Å². The molecular weight excluding hydrogens is 302 g/mol. The van der Waals surface area contributed by atoms with Crippen molar-refractivity contribution in [3.8, 4) is 0 Å². The summed E-state index contributed by atoms with van der Waals surface area (Å²) in [5.74, 6) is 0. The summed E-state index contributed by atoms with van der Waals surface area (Å²) >= 11 is 7.60. The second-order valence-electron chi connectivity index (χ2n) is 5.01. The number of rotatable bonds is 4. The van der Waals surface area contributed by atoms with E-state index in [0.29, 0.717) is 0 Å². The number of para-hydroxylation sites is 2. The number of nitrogens with two attached hydrogens (primary N) is 1. The summed E-state index contributed by atoms with van der Waals surface area (Å²) in [5, 5.41) is 1.74. The van der Waals surface area contributed by atoms with Crippen molar-refractivity contribution in [1.29, 1.82) is 0 Å². The lowest BCUT2D eigenvalue weighted by atomic mass is 10.1. The Morgan fingerprint density at radius 2 is 1.86 bits per heavy atom. The molecule has 5 heteroatoms. The maximum Gasteiger partial charge on any atom is 0.167 e. The predicted octanol–water partition coefficient (Wildman–Crippen LogP) is 4.40. The van der Waals surface area contributed by atoms with E-state index in [0.717, 1.165) is 26.8 Å². The summed E-state index contributed by atoms with van der Waals surface area (Å²) < 4.78 is 0. The van der Waals surface area contributed by atoms with Gasteiger partial charge in [0.1, 0.15) is 0 Å². The highest BCUT2D eigenvalue weighted by atomic mass is 35.5. The smallest absolute Gasteiger partial charge is 0.167 e. The van der Waals surface area contributed by atoms with Gasteiger partial charge in [0.2, 0.25) is 0 Å². The minimum Gasteiger partial charge on any atom is -0.333 e. The molecule has 0 radical (unpaired) electrons. The van der Waals surface area contributed by atoms with Crippen molar-refractivity contribution in [2.75, 3.05) is 0 Å². The lowest BCUT2D eigenvalue weighted by Gasteiger charge is -2.19. The number of benzene rings is 2. The first kappa shape index (κ1) is 14.4. The first-order valence-electron chi connectivity index (χ1n) is 6.76. The van der Waals surface area contributed by atoms with Gasteiger partial charge in [0.05, 0.1) is 16.3 Å². The molecule has 2 atom stereocenters. The Labute approximate surface area is 132 Å². The van der Waals surface area contributed by atoms with Gasteiger partial charge in [-0.05, 0) is 36.8 Å². The van der Waals surface area contributed by atoms with Gasteiger partial charge in [0, 0.05) is 11.1 Å². The molecule has 21 heavy (non-hydrogen) atoms. The van der Waals surface area contributed by atoms with Crippen LogP contribution in [-0.4, -0.2) is 16.0 Å². The van der Waals surface area contributed by atoms with Crippen LogP contribution >= 0.6 is 23.4 Å². The van der Waals surface area contributed by atoms with Gasteiger partial charge in [-0.1, -0.05) is 47.6 Å². The van der Waals surface area contributed by atoms with Gasteiger partial charge in [-0.25, -0.2) is 4.98 Å². The van der Waals surface area contributed by atoms with E-state index in [-0.39, 0.29) is 11.3 Å². The molecule has 0 saturated heterocycles. The molecule has 3 rings (SSSR count). The number of halogens is 1. The molecule has 0 aliphatic rings. The van der Waals surface area contributed by atoms with Crippen LogP contribution in [0, 0.1) is 0 Å². The standard InChI is InChI=1S/C16H16ClN3S/c1-10(18)15(11-6-8-12(17)9-7-11)21-16-19-13-4-2-3-5-14(13)20-16/h2-10,15H,18H2,1H3,(H,19,20). The first-order valence-corrected chi connectivity index (χ1v) is 8.02. The van der Waals surface area contributed by atoms with Crippen LogP contribution in [0.25, 0.3) is 11.0 Å². The van der Waals surface area contributed by atoms with Crippen molar-refractivity contribution >= 4 is 34.4 Å². The number of aromatic nitrogens is 2. The second-order valence-corrected chi connectivity index (χ2v) is 6.57. The van der Waals surface area contributed by atoms with Crippen molar-refractivity contribution in [3.05, 3.63) is 59.1 Å². The Balaban J connectivity index is 1.89. The van der Waals surface area contributed by atoms with Gasteiger partial charge < -0.3 is 10.7 Å². The first-order chi connectivity index (χ1) is 10.1. The van der Waals surface area contributed by atoms with Gasteiger partial charge in [0.15, 0.2) is 5.16 Å². The van der Waals surface area contributed by atoms with E-state index in [4.69, 9.17) is 17.3 Å². The highest BCUT2D eigenvalue weighted by Gasteiger charge is 2.19. The summed E-state index contributed by atoms with van der Waals surface area (Å²) in [6.07, 6.45) is 0. The Bertz CT molecular complexity index is 704. The summed E-state index contributed by atoms with van der Waals surface area (Å²) in [7, 11) is 0. The van der Waals surface area contributed by atoms with E-state index < -0.39 is 0 Å². The van der Waals surface area contributed by atoms with Gasteiger partial charge in [-0.3, -0.25) is 0 Å². The fourth-order valence-corrected chi connectivity index (χ4v) is 3.43. The van der Waals surface area contributed by atoms with Crippen LogP contribution in [0.5, 0.6) is 0 Å². The third-order valence-electron chi connectivity index (χ3n) is 3.28. The zero-order valence-corrected chi connectivity index (χ0v) is 13.2. The van der Waals surface area contributed by atoms with Crippen molar-refractivity contribution in [1.82, 2.24) is 9.97 Å².